The van der Waals surface area contributed by atoms with Crippen LogP contribution >= 0.6 is 0 Å². The second-order valence-corrected chi connectivity index (χ2v) is 12.2. The molecular weight excluding hydrogens is 476 g/mol. The van der Waals surface area contributed by atoms with Gasteiger partial charge in [-0.25, -0.2) is 0 Å². The molecule has 0 amide bonds. The van der Waals surface area contributed by atoms with E-state index < -0.39 is 6.10 Å². The topological polar surface area (TPSA) is 33.1 Å². The van der Waals surface area contributed by atoms with Crippen LogP contribution in [0.2, 0.25) is 0 Å². The predicted molar refractivity (Wildman–Crippen MR) is 161 cm³/mol. The smallest absolute Gasteiger partial charge is 0.131 e. The monoisotopic (exact) mass is 511 g/mol. The summed E-state index contributed by atoms with van der Waals surface area (Å²) < 4.78 is 0.979. The number of aliphatic hydroxyl groups excluding tert-OH is 1. The Balaban J connectivity index is 1.29. The molecule has 3 saturated heterocycles. The third-order valence-corrected chi connectivity index (χ3v) is 10.4. The molecule has 9 rings (SSSR count). The third-order valence-electron chi connectivity index (χ3n) is 10.4. The van der Waals surface area contributed by atoms with Gasteiger partial charge in [-0.2, -0.15) is 0 Å². The zero-order valence-electron chi connectivity index (χ0n) is 22.6. The van der Waals surface area contributed by atoms with Crippen molar-refractivity contribution >= 4 is 43.2 Å². The number of benzene rings is 5. The molecule has 194 valence electrons. The van der Waals surface area contributed by atoms with Crippen molar-refractivity contribution in [2.45, 2.75) is 44.9 Å². The van der Waals surface area contributed by atoms with Gasteiger partial charge in [0.1, 0.15) is 18.7 Å². The fourth-order valence-corrected chi connectivity index (χ4v) is 8.55. The third kappa shape index (κ3) is 3.46. The van der Waals surface area contributed by atoms with Crippen molar-refractivity contribution in [2.75, 3.05) is 13.1 Å². The van der Waals surface area contributed by atoms with Crippen molar-refractivity contribution in [3.8, 4) is 0 Å². The summed E-state index contributed by atoms with van der Waals surface area (Å²) >= 11 is 0. The first-order valence-corrected chi connectivity index (χ1v) is 14.7. The van der Waals surface area contributed by atoms with Gasteiger partial charge in [0.05, 0.1) is 18.6 Å². The van der Waals surface area contributed by atoms with E-state index in [1.54, 1.807) is 0 Å². The summed E-state index contributed by atoms with van der Waals surface area (Å²) in [5, 5.41) is 21.4. The minimum Gasteiger partial charge on any atom is -0.382 e. The van der Waals surface area contributed by atoms with Gasteiger partial charge in [0.15, 0.2) is 0 Å². The lowest BCUT2D eigenvalue weighted by Crippen LogP contribution is -2.67. The Kier molecular flexibility index (Phi) is 5.24. The van der Waals surface area contributed by atoms with Gasteiger partial charge in [-0.15, -0.1) is 0 Å². The lowest BCUT2D eigenvalue weighted by molar-refractivity contribution is -0.985. The quantitative estimate of drug-likeness (QED) is 0.188. The van der Waals surface area contributed by atoms with E-state index in [9.17, 15) is 5.11 Å². The largest absolute Gasteiger partial charge is 0.382 e. The number of aromatic nitrogens is 1. The molecule has 5 atom stereocenters. The van der Waals surface area contributed by atoms with Crippen LogP contribution < -0.4 is 0 Å². The average Bonchev–Trinajstić information content (AvgIpc) is 2.99. The van der Waals surface area contributed by atoms with Gasteiger partial charge in [0.25, 0.3) is 0 Å². The lowest BCUT2D eigenvalue weighted by Gasteiger charge is -2.58. The van der Waals surface area contributed by atoms with Crippen molar-refractivity contribution in [2.24, 2.45) is 11.8 Å². The molecule has 2 bridgehead atoms. The molecule has 5 unspecified atom stereocenters. The van der Waals surface area contributed by atoms with Crippen LogP contribution in [0.15, 0.2) is 91.1 Å². The van der Waals surface area contributed by atoms with Gasteiger partial charge in [-0.05, 0) is 68.4 Å². The highest BCUT2D eigenvalue weighted by Crippen LogP contribution is 2.49. The molecular formula is C36H35N2O+. The van der Waals surface area contributed by atoms with Crippen LogP contribution in [0.25, 0.3) is 43.2 Å². The summed E-state index contributed by atoms with van der Waals surface area (Å²) in [6, 6.07) is 31.0. The highest BCUT2D eigenvalue weighted by Gasteiger charge is 2.54. The molecule has 0 radical (unpaired) electrons. The number of para-hydroxylation sites is 1. The summed E-state index contributed by atoms with van der Waals surface area (Å²) in [4.78, 5) is 4.59. The second kappa shape index (κ2) is 8.74. The van der Waals surface area contributed by atoms with Crippen LogP contribution in [0.5, 0.6) is 0 Å². The Morgan fingerprint density at radius 3 is 2.51 bits per heavy atom. The van der Waals surface area contributed by atoms with Gasteiger partial charge < -0.3 is 9.59 Å². The number of quaternary nitrogens is 1. The van der Waals surface area contributed by atoms with Crippen molar-refractivity contribution in [1.82, 2.24) is 4.98 Å². The summed E-state index contributed by atoms with van der Waals surface area (Å²) in [7, 11) is 0. The average molecular weight is 512 g/mol. The Morgan fingerprint density at radius 2 is 1.64 bits per heavy atom. The fourth-order valence-electron chi connectivity index (χ4n) is 8.55. The van der Waals surface area contributed by atoms with Crippen molar-refractivity contribution in [3.63, 3.8) is 0 Å². The summed E-state index contributed by atoms with van der Waals surface area (Å²) in [6.07, 6.45) is 4.96. The maximum absolute atomic E-state index is 12.2. The minimum absolute atomic E-state index is 0.186. The highest BCUT2D eigenvalue weighted by molar-refractivity contribution is 6.23. The van der Waals surface area contributed by atoms with Crippen LogP contribution in [0.3, 0.4) is 0 Å². The molecule has 3 nitrogen and oxygen atoms in total. The van der Waals surface area contributed by atoms with Crippen LogP contribution in [0.4, 0.5) is 0 Å². The van der Waals surface area contributed by atoms with Gasteiger partial charge >= 0.3 is 0 Å². The first-order valence-electron chi connectivity index (χ1n) is 14.7. The van der Waals surface area contributed by atoms with E-state index in [1.165, 1.54) is 50.7 Å². The van der Waals surface area contributed by atoms with E-state index >= 15 is 0 Å². The van der Waals surface area contributed by atoms with E-state index in [0.717, 1.165) is 52.9 Å². The summed E-state index contributed by atoms with van der Waals surface area (Å²) in [6.45, 7) is 5.64. The molecule has 5 aromatic carbocycles. The van der Waals surface area contributed by atoms with Crippen LogP contribution in [-0.2, 0) is 6.54 Å². The molecule has 3 aliphatic rings. The standard InChI is InChI=1S/C36H35N2O/c1-2-23-21-38(18-16-26(23)20-33(38)36(39)31-15-17-37-32-12-4-3-10-30(31)32)22-28-19-27-9-5-7-24-13-14-25-8-6-11-29(28)35(25)34(24)27/h3-15,17,19,23,26,33,36,39H,2,16,18,20-22H2,1H3/q+1. The van der Waals surface area contributed by atoms with E-state index in [0.29, 0.717) is 5.92 Å². The van der Waals surface area contributed by atoms with Gasteiger partial charge in [-0.3, -0.25) is 4.98 Å². The number of fused-ring (bicyclic) bond motifs is 4. The summed E-state index contributed by atoms with van der Waals surface area (Å²) in [5.74, 6) is 1.44. The second-order valence-electron chi connectivity index (χ2n) is 12.2. The fraction of sp³-hybridized carbons (Fsp3) is 0.306. The Labute approximate surface area is 229 Å². The Hall–Kier alpha value is -3.53. The number of nitrogens with zero attached hydrogens (tertiary/aromatic N) is 2. The first kappa shape index (κ1) is 23.4. The zero-order valence-corrected chi connectivity index (χ0v) is 22.6. The van der Waals surface area contributed by atoms with Crippen LogP contribution in [-0.4, -0.2) is 33.7 Å². The molecule has 3 aliphatic heterocycles. The number of aliphatic hydroxyl groups is 1. The number of rotatable bonds is 5. The first-order chi connectivity index (χ1) is 19.1. The van der Waals surface area contributed by atoms with Gasteiger partial charge in [0, 0.05) is 35.9 Å². The lowest BCUT2D eigenvalue weighted by atomic mass is 9.70. The molecule has 6 aromatic rings. The Bertz CT molecular complexity index is 1840. The molecule has 39 heavy (non-hydrogen) atoms. The van der Waals surface area contributed by atoms with Crippen molar-refractivity contribution < 1.29 is 9.59 Å². The maximum Gasteiger partial charge on any atom is 0.131 e. The van der Waals surface area contributed by atoms with Gasteiger partial charge in [-0.1, -0.05) is 73.7 Å². The molecule has 3 fully saturated rings. The van der Waals surface area contributed by atoms with E-state index in [1.807, 2.05) is 12.3 Å². The molecule has 0 spiro atoms. The molecule has 0 aliphatic carbocycles. The normalized spacial score (nSPS) is 25.7. The zero-order chi connectivity index (χ0) is 26.1. The SMILES string of the molecule is CCC1C[N+]2(Cc3cc4cccc5ccc6cccc3c6c54)CCC1CC2C(O)c1ccnc2ccccc12. The Morgan fingerprint density at radius 1 is 0.872 bits per heavy atom. The van der Waals surface area contributed by atoms with Crippen LogP contribution in [0, 0.1) is 11.8 Å². The van der Waals surface area contributed by atoms with Crippen molar-refractivity contribution in [3.05, 3.63) is 102 Å². The van der Waals surface area contributed by atoms with E-state index in [4.69, 9.17) is 0 Å². The summed E-state index contributed by atoms with van der Waals surface area (Å²) in [5.41, 5.74) is 3.44. The van der Waals surface area contributed by atoms with Crippen LogP contribution in [0.1, 0.15) is 43.4 Å². The molecule has 1 aromatic heterocycles. The van der Waals surface area contributed by atoms with Gasteiger partial charge in [0.2, 0.25) is 0 Å². The predicted octanol–water partition coefficient (Wildman–Crippen LogP) is 8.00. The molecule has 1 N–H and O–H groups in total. The highest BCUT2D eigenvalue weighted by atomic mass is 16.3. The minimum atomic E-state index is -0.505. The van der Waals surface area contributed by atoms with Crippen molar-refractivity contribution in [1.29, 1.82) is 0 Å². The number of pyridine rings is 1. The number of hydrogen-bond donors (Lipinski definition) is 1. The maximum atomic E-state index is 12.2. The molecule has 4 heterocycles. The molecule has 0 saturated carbocycles. The number of hydrogen-bond acceptors (Lipinski definition) is 2. The van der Waals surface area contributed by atoms with E-state index in [2.05, 4.69) is 90.8 Å². The number of piperidine rings is 3. The van der Waals surface area contributed by atoms with E-state index in [-0.39, 0.29) is 6.04 Å². The molecule has 3 heteroatoms.